The lowest BCUT2D eigenvalue weighted by atomic mass is 9.88. The van der Waals surface area contributed by atoms with E-state index in [2.05, 4.69) is 55.4 Å². The van der Waals surface area contributed by atoms with Crippen LogP contribution in [-0.2, 0) is 5.41 Å². The average Bonchev–Trinajstić information content (AvgIpc) is 2.29. The standard InChI is InChI=1S/C15H25N3/c1-14(2,3)12-5-6-13(17-11-12)18-15(4)7-9-16-10-8-15/h5-6,11,16H,7-10H2,1-4H3,(H,17,18). The van der Waals surface area contributed by atoms with Gasteiger partial charge in [0.25, 0.3) is 0 Å². The zero-order valence-corrected chi connectivity index (χ0v) is 12.0. The molecule has 3 heteroatoms. The fraction of sp³-hybridized carbons (Fsp3) is 0.667. The summed E-state index contributed by atoms with van der Waals surface area (Å²) < 4.78 is 0. The van der Waals surface area contributed by atoms with Gasteiger partial charge in [0.2, 0.25) is 0 Å². The number of pyridine rings is 1. The van der Waals surface area contributed by atoms with E-state index in [1.54, 1.807) is 0 Å². The molecule has 0 atom stereocenters. The number of hydrogen-bond donors (Lipinski definition) is 2. The highest BCUT2D eigenvalue weighted by atomic mass is 15.1. The van der Waals surface area contributed by atoms with Crippen molar-refractivity contribution < 1.29 is 0 Å². The second-order valence-electron chi connectivity index (χ2n) is 6.62. The zero-order valence-electron chi connectivity index (χ0n) is 12.0. The van der Waals surface area contributed by atoms with Crippen molar-refractivity contribution in [2.24, 2.45) is 0 Å². The van der Waals surface area contributed by atoms with E-state index in [0.29, 0.717) is 0 Å². The van der Waals surface area contributed by atoms with Crippen molar-refractivity contribution in [2.75, 3.05) is 18.4 Å². The van der Waals surface area contributed by atoms with Gasteiger partial charge in [0.05, 0.1) is 0 Å². The van der Waals surface area contributed by atoms with Crippen LogP contribution in [-0.4, -0.2) is 23.6 Å². The van der Waals surface area contributed by atoms with Crippen molar-refractivity contribution in [1.82, 2.24) is 10.3 Å². The number of anilines is 1. The highest BCUT2D eigenvalue weighted by Gasteiger charge is 2.26. The Balaban J connectivity index is 2.06. The van der Waals surface area contributed by atoms with Crippen LogP contribution in [0.1, 0.15) is 46.1 Å². The van der Waals surface area contributed by atoms with Gasteiger partial charge < -0.3 is 10.6 Å². The molecule has 1 aromatic heterocycles. The molecule has 1 aromatic rings. The molecule has 2 rings (SSSR count). The molecule has 1 aliphatic rings. The quantitative estimate of drug-likeness (QED) is 0.843. The van der Waals surface area contributed by atoms with E-state index in [1.165, 1.54) is 5.56 Å². The van der Waals surface area contributed by atoms with Crippen molar-refractivity contribution in [3.63, 3.8) is 0 Å². The Kier molecular flexibility index (Phi) is 3.62. The van der Waals surface area contributed by atoms with E-state index >= 15 is 0 Å². The van der Waals surface area contributed by atoms with Crippen molar-refractivity contribution >= 4 is 5.82 Å². The van der Waals surface area contributed by atoms with Crippen LogP contribution in [0.25, 0.3) is 0 Å². The number of aromatic nitrogens is 1. The van der Waals surface area contributed by atoms with Crippen LogP contribution >= 0.6 is 0 Å². The van der Waals surface area contributed by atoms with Crippen LogP contribution < -0.4 is 10.6 Å². The Morgan fingerprint density at radius 2 is 1.89 bits per heavy atom. The lowest BCUT2D eigenvalue weighted by Gasteiger charge is -2.35. The zero-order chi connectivity index (χ0) is 13.2. The molecule has 1 aliphatic heterocycles. The van der Waals surface area contributed by atoms with Crippen LogP contribution in [0.15, 0.2) is 18.3 Å². The van der Waals surface area contributed by atoms with Crippen LogP contribution in [0, 0.1) is 0 Å². The first-order valence-electron chi connectivity index (χ1n) is 6.85. The smallest absolute Gasteiger partial charge is 0.126 e. The number of hydrogen-bond acceptors (Lipinski definition) is 3. The van der Waals surface area contributed by atoms with Gasteiger partial charge in [-0.05, 0) is 49.9 Å². The average molecular weight is 247 g/mol. The number of nitrogens with one attached hydrogen (secondary N) is 2. The second-order valence-corrected chi connectivity index (χ2v) is 6.62. The minimum Gasteiger partial charge on any atom is -0.365 e. The van der Waals surface area contributed by atoms with Crippen LogP contribution in [0.3, 0.4) is 0 Å². The molecule has 1 fully saturated rings. The summed E-state index contributed by atoms with van der Waals surface area (Å²) in [6.45, 7) is 11.1. The first-order valence-corrected chi connectivity index (χ1v) is 6.85. The summed E-state index contributed by atoms with van der Waals surface area (Å²) in [5.41, 5.74) is 1.63. The highest BCUT2D eigenvalue weighted by molar-refractivity contribution is 5.39. The first kappa shape index (κ1) is 13.3. The van der Waals surface area contributed by atoms with Gasteiger partial charge in [0.1, 0.15) is 5.82 Å². The number of nitrogens with zero attached hydrogens (tertiary/aromatic N) is 1. The maximum atomic E-state index is 4.55. The lowest BCUT2D eigenvalue weighted by Crippen LogP contribution is -2.45. The summed E-state index contributed by atoms with van der Waals surface area (Å²) in [5, 5.41) is 6.98. The molecule has 0 aliphatic carbocycles. The molecular weight excluding hydrogens is 222 g/mol. The van der Waals surface area contributed by atoms with Crippen molar-refractivity contribution in [3.05, 3.63) is 23.9 Å². The molecule has 0 aromatic carbocycles. The Morgan fingerprint density at radius 3 is 2.39 bits per heavy atom. The lowest BCUT2D eigenvalue weighted by molar-refractivity contribution is 0.364. The summed E-state index contributed by atoms with van der Waals surface area (Å²) in [6.07, 6.45) is 4.29. The van der Waals surface area contributed by atoms with Crippen LogP contribution in [0.4, 0.5) is 5.82 Å². The summed E-state index contributed by atoms with van der Waals surface area (Å²) in [4.78, 5) is 4.55. The monoisotopic (exact) mass is 247 g/mol. The third-order valence-corrected chi connectivity index (χ3v) is 3.77. The fourth-order valence-corrected chi connectivity index (χ4v) is 2.32. The minimum absolute atomic E-state index is 0.171. The molecule has 18 heavy (non-hydrogen) atoms. The van der Waals surface area contributed by atoms with E-state index < -0.39 is 0 Å². The van der Waals surface area contributed by atoms with Gasteiger partial charge in [0.15, 0.2) is 0 Å². The van der Waals surface area contributed by atoms with Gasteiger partial charge in [-0.15, -0.1) is 0 Å². The van der Waals surface area contributed by atoms with Gasteiger partial charge in [-0.25, -0.2) is 4.98 Å². The maximum Gasteiger partial charge on any atom is 0.126 e. The molecule has 0 unspecified atom stereocenters. The summed E-state index contributed by atoms with van der Waals surface area (Å²) >= 11 is 0. The van der Waals surface area contributed by atoms with E-state index in [1.807, 2.05) is 6.20 Å². The molecular formula is C15H25N3. The Morgan fingerprint density at radius 1 is 1.22 bits per heavy atom. The second kappa shape index (κ2) is 4.88. The topological polar surface area (TPSA) is 37.0 Å². The largest absolute Gasteiger partial charge is 0.365 e. The maximum absolute atomic E-state index is 4.55. The molecule has 0 spiro atoms. The molecule has 2 heterocycles. The number of rotatable bonds is 2. The Bertz CT molecular complexity index is 383. The molecule has 2 N–H and O–H groups in total. The SMILES string of the molecule is CC1(Nc2ccc(C(C)(C)C)cn2)CCNCC1. The summed E-state index contributed by atoms with van der Waals surface area (Å²) in [7, 11) is 0. The molecule has 0 saturated carbocycles. The van der Waals surface area contributed by atoms with E-state index in [9.17, 15) is 0 Å². The van der Waals surface area contributed by atoms with Crippen molar-refractivity contribution in [2.45, 2.75) is 51.5 Å². The van der Waals surface area contributed by atoms with E-state index in [-0.39, 0.29) is 11.0 Å². The summed E-state index contributed by atoms with van der Waals surface area (Å²) in [6, 6.07) is 4.29. The van der Waals surface area contributed by atoms with Gasteiger partial charge in [0, 0.05) is 11.7 Å². The van der Waals surface area contributed by atoms with Gasteiger partial charge in [-0.3, -0.25) is 0 Å². The molecule has 3 nitrogen and oxygen atoms in total. The van der Waals surface area contributed by atoms with Crippen LogP contribution in [0.5, 0.6) is 0 Å². The normalized spacial score (nSPS) is 19.6. The minimum atomic E-state index is 0.171. The third-order valence-electron chi connectivity index (χ3n) is 3.77. The van der Waals surface area contributed by atoms with Crippen molar-refractivity contribution in [3.8, 4) is 0 Å². The molecule has 0 radical (unpaired) electrons. The van der Waals surface area contributed by atoms with Gasteiger partial charge in [-0.1, -0.05) is 26.8 Å². The molecule has 100 valence electrons. The Hall–Kier alpha value is -1.09. The van der Waals surface area contributed by atoms with Crippen LogP contribution in [0.2, 0.25) is 0 Å². The first-order chi connectivity index (χ1) is 8.39. The fourth-order valence-electron chi connectivity index (χ4n) is 2.32. The Labute approximate surface area is 110 Å². The van der Waals surface area contributed by atoms with E-state index in [4.69, 9.17) is 0 Å². The van der Waals surface area contributed by atoms with Gasteiger partial charge in [-0.2, -0.15) is 0 Å². The molecule has 0 amide bonds. The third kappa shape index (κ3) is 3.22. The van der Waals surface area contributed by atoms with Gasteiger partial charge >= 0.3 is 0 Å². The molecule has 0 bridgehead atoms. The number of piperidine rings is 1. The van der Waals surface area contributed by atoms with Crippen molar-refractivity contribution in [1.29, 1.82) is 0 Å². The predicted molar refractivity (Wildman–Crippen MR) is 77.1 cm³/mol. The molecule has 1 saturated heterocycles. The highest BCUT2D eigenvalue weighted by Crippen LogP contribution is 2.25. The predicted octanol–water partition coefficient (Wildman–Crippen LogP) is 2.93. The summed E-state index contributed by atoms with van der Waals surface area (Å²) in [5.74, 6) is 0.993. The van der Waals surface area contributed by atoms with E-state index in [0.717, 1.165) is 31.7 Å².